The van der Waals surface area contributed by atoms with Crippen molar-refractivity contribution in [3.8, 4) is 16.9 Å². The van der Waals surface area contributed by atoms with Gasteiger partial charge in [0.1, 0.15) is 11.3 Å². The molecule has 0 amide bonds. The lowest BCUT2D eigenvalue weighted by atomic mass is 10.1. The predicted molar refractivity (Wildman–Crippen MR) is 75.5 cm³/mol. The molecule has 1 heterocycles. The zero-order chi connectivity index (χ0) is 15.7. The van der Waals surface area contributed by atoms with Crippen LogP contribution in [0, 0.1) is 0 Å². The van der Waals surface area contributed by atoms with Gasteiger partial charge in [0.2, 0.25) is 0 Å². The molecule has 0 atom stereocenters. The van der Waals surface area contributed by atoms with Crippen LogP contribution >= 0.6 is 0 Å². The molecule has 114 valence electrons. The van der Waals surface area contributed by atoms with Gasteiger partial charge < -0.3 is 9.15 Å². The summed E-state index contributed by atoms with van der Waals surface area (Å²) in [5.41, 5.74) is 3.04. The summed E-state index contributed by atoms with van der Waals surface area (Å²) in [4.78, 5) is 4.34. The first-order valence-corrected chi connectivity index (χ1v) is 6.70. The van der Waals surface area contributed by atoms with Gasteiger partial charge >= 0.3 is 6.36 Å². The lowest BCUT2D eigenvalue weighted by Crippen LogP contribution is -2.16. The van der Waals surface area contributed by atoms with Gasteiger partial charge in [-0.15, -0.1) is 13.2 Å². The fourth-order valence-corrected chi connectivity index (χ4v) is 2.15. The fraction of sp³-hybridized carbons (Fsp3) is 0.188. The maximum atomic E-state index is 12.1. The molecule has 0 unspecified atom stereocenters. The molecule has 0 aliphatic heterocycles. The summed E-state index contributed by atoms with van der Waals surface area (Å²) in [6.07, 6.45) is -3.98. The summed E-state index contributed by atoms with van der Waals surface area (Å²) in [5.74, 6) is 0.410. The number of alkyl halides is 3. The molecule has 0 radical (unpaired) electrons. The van der Waals surface area contributed by atoms with Crippen LogP contribution < -0.4 is 4.74 Å². The van der Waals surface area contributed by atoms with Crippen LogP contribution in [0.5, 0.6) is 5.75 Å². The summed E-state index contributed by atoms with van der Waals surface area (Å²) < 4.78 is 45.8. The average molecular weight is 307 g/mol. The number of fused-ring (bicyclic) bond motifs is 1. The Bertz CT molecular complexity index is 791. The van der Waals surface area contributed by atoms with E-state index in [0.717, 1.165) is 16.6 Å². The Hall–Kier alpha value is -2.50. The largest absolute Gasteiger partial charge is 0.573 e. The molecule has 0 fully saturated rings. The van der Waals surface area contributed by atoms with Crippen LogP contribution in [0.3, 0.4) is 0 Å². The molecule has 0 aliphatic carbocycles. The number of hydrogen-bond donors (Lipinski definition) is 0. The third-order valence-corrected chi connectivity index (χ3v) is 3.16. The second kappa shape index (κ2) is 5.36. The molecule has 22 heavy (non-hydrogen) atoms. The van der Waals surface area contributed by atoms with Crippen molar-refractivity contribution in [2.24, 2.45) is 0 Å². The molecule has 0 saturated carbocycles. The van der Waals surface area contributed by atoms with E-state index in [-0.39, 0.29) is 5.75 Å². The highest BCUT2D eigenvalue weighted by molar-refractivity contribution is 5.80. The number of aromatic nitrogens is 1. The topological polar surface area (TPSA) is 35.3 Å². The minimum atomic E-state index is -4.68. The molecule has 3 nitrogen and oxygen atoms in total. The molecular weight excluding hydrogens is 295 g/mol. The van der Waals surface area contributed by atoms with E-state index in [1.165, 1.54) is 12.1 Å². The van der Waals surface area contributed by atoms with Gasteiger partial charge in [0.15, 0.2) is 11.5 Å². The van der Waals surface area contributed by atoms with E-state index in [9.17, 15) is 13.2 Å². The van der Waals surface area contributed by atoms with Crippen LogP contribution in [-0.2, 0) is 6.42 Å². The first kappa shape index (κ1) is 14.4. The third-order valence-electron chi connectivity index (χ3n) is 3.16. The van der Waals surface area contributed by atoms with Crippen LogP contribution in [-0.4, -0.2) is 11.3 Å². The maximum absolute atomic E-state index is 12.1. The number of oxazole rings is 1. The normalized spacial score (nSPS) is 11.8. The van der Waals surface area contributed by atoms with Gasteiger partial charge in [0.05, 0.1) is 0 Å². The van der Waals surface area contributed by atoms with Crippen molar-refractivity contribution in [2.75, 3.05) is 0 Å². The highest BCUT2D eigenvalue weighted by atomic mass is 19.4. The van der Waals surface area contributed by atoms with Crippen molar-refractivity contribution in [1.82, 2.24) is 4.98 Å². The van der Waals surface area contributed by atoms with E-state index in [1.807, 2.05) is 19.1 Å². The Morgan fingerprint density at radius 2 is 1.73 bits per heavy atom. The Balaban J connectivity index is 1.90. The van der Waals surface area contributed by atoms with E-state index >= 15 is 0 Å². The highest BCUT2D eigenvalue weighted by Crippen LogP contribution is 2.28. The second-order valence-electron chi connectivity index (χ2n) is 4.72. The van der Waals surface area contributed by atoms with Crippen molar-refractivity contribution < 1.29 is 22.3 Å². The number of aryl methyl sites for hydroxylation is 1. The molecule has 0 N–H and O–H groups in total. The highest BCUT2D eigenvalue weighted by Gasteiger charge is 2.30. The first-order chi connectivity index (χ1) is 10.4. The molecule has 1 aromatic heterocycles. The Morgan fingerprint density at radius 1 is 1.05 bits per heavy atom. The van der Waals surface area contributed by atoms with Crippen molar-refractivity contribution in [3.05, 3.63) is 48.4 Å². The second-order valence-corrected chi connectivity index (χ2v) is 4.72. The number of ether oxygens (including phenoxy) is 1. The number of benzene rings is 2. The molecule has 2 aromatic carbocycles. The third kappa shape index (κ3) is 3.05. The van der Waals surface area contributed by atoms with Crippen LogP contribution in [0.1, 0.15) is 12.8 Å². The summed E-state index contributed by atoms with van der Waals surface area (Å²) in [5, 5.41) is 0. The van der Waals surface area contributed by atoms with E-state index in [1.54, 1.807) is 18.2 Å². The number of nitrogens with zero attached hydrogens (tertiary/aromatic N) is 1. The Morgan fingerprint density at radius 3 is 2.36 bits per heavy atom. The van der Waals surface area contributed by atoms with Gasteiger partial charge in [-0.2, -0.15) is 0 Å². The van der Waals surface area contributed by atoms with Crippen LogP contribution in [0.25, 0.3) is 22.2 Å². The fourth-order valence-electron chi connectivity index (χ4n) is 2.15. The van der Waals surface area contributed by atoms with Crippen LogP contribution in [0.15, 0.2) is 46.9 Å². The van der Waals surface area contributed by atoms with Gasteiger partial charge in [-0.1, -0.05) is 25.1 Å². The molecule has 0 saturated heterocycles. The molecule has 0 spiro atoms. The van der Waals surface area contributed by atoms with Crippen LogP contribution in [0.2, 0.25) is 0 Å². The minimum Gasteiger partial charge on any atom is -0.441 e. The van der Waals surface area contributed by atoms with Gasteiger partial charge in [-0.05, 0) is 35.4 Å². The van der Waals surface area contributed by atoms with Gasteiger partial charge in [-0.25, -0.2) is 4.98 Å². The maximum Gasteiger partial charge on any atom is 0.573 e. The van der Waals surface area contributed by atoms with Crippen molar-refractivity contribution in [3.63, 3.8) is 0 Å². The standard InChI is InChI=1S/C16H12F3NO2/c1-2-15-20-13-9-11(5-8-14(13)21-15)10-3-6-12(7-4-10)22-16(17,18)19/h3-9H,2H2,1H3. The summed E-state index contributed by atoms with van der Waals surface area (Å²) >= 11 is 0. The molecule has 0 bridgehead atoms. The zero-order valence-corrected chi connectivity index (χ0v) is 11.6. The number of rotatable bonds is 3. The van der Waals surface area contributed by atoms with Gasteiger partial charge in [-0.3, -0.25) is 0 Å². The van der Waals surface area contributed by atoms with E-state index in [4.69, 9.17) is 4.42 Å². The van der Waals surface area contributed by atoms with Crippen molar-refractivity contribution >= 4 is 11.1 Å². The zero-order valence-electron chi connectivity index (χ0n) is 11.6. The van der Waals surface area contributed by atoms with Gasteiger partial charge in [0.25, 0.3) is 0 Å². The molecule has 6 heteroatoms. The van der Waals surface area contributed by atoms with E-state index < -0.39 is 6.36 Å². The quantitative estimate of drug-likeness (QED) is 0.686. The SMILES string of the molecule is CCc1nc2cc(-c3ccc(OC(F)(F)F)cc3)ccc2o1. The minimum absolute atomic E-state index is 0.243. The molecule has 3 aromatic rings. The molecule has 3 rings (SSSR count). The molecule has 0 aliphatic rings. The Kier molecular flexibility index (Phi) is 3.52. The molecular formula is C16H12F3NO2. The van der Waals surface area contributed by atoms with Gasteiger partial charge in [0, 0.05) is 6.42 Å². The van der Waals surface area contributed by atoms with E-state index in [2.05, 4.69) is 9.72 Å². The first-order valence-electron chi connectivity index (χ1n) is 6.70. The summed E-state index contributed by atoms with van der Waals surface area (Å²) in [7, 11) is 0. The Labute approximate surface area is 124 Å². The van der Waals surface area contributed by atoms with E-state index in [0.29, 0.717) is 17.9 Å². The van der Waals surface area contributed by atoms with Crippen molar-refractivity contribution in [2.45, 2.75) is 19.7 Å². The predicted octanol–water partition coefficient (Wildman–Crippen LogP) is 4.96. The number of halogens is 3. The van der Waals surface area contributed by atoms with Crippen LogP contribution in [0.4, 0.5) is 13.2 Å². The monoisotopic (exact) mass is 307 g/mol. The lowest BCUT2D eigenvalue weighted by molar-refractivity contribution is -0.274. The lowest BCUT2D eigenvalue weighted by Gasteiger charge is -2.09. The summed E-state index contributed by atoms with van der Waals surface area (Å²) in [6, 6.07) is 11.2. The number of hydrogen-bond acceptors (Lipinski definition) is 3. The van der Waals surface area contributed by atoms with Crippen molar-refractivity contribution in [1.29, 1.82) is 0 Å². The smallest absolute Gasteiger partial charge is 0.441 e. The summed E-state index contributed by atoms with van der Waals surface area (Å²) in [6.45, 7) is 1.95. The average Bonchev–Trinajstić information content (AvgIpc) is 2.88.